The summed E-state index contributed by atoms with van der Waals surface area (Å²) in [5.74, 6) is 1.47. The second-order valence-electron chi connectivity index (χ2n) is 8.80. The molecule has 0 aromatic carbocycles. The monoisotopic (exact) mass is 495 g/mol. The fraction of sp³-hybridized carbons (Fsp3) is 0.700. The summed E-state index contributed by atoms with van der Waals surface area (Å²) >= 11 is 1.42. The molecule has 2 aromatic heterocycles. The second-order valence-corrected chi connectivity index (χ2v) is 11.6. The van der Waals surface area contributed by atoms with Gasteiger partial charge in [-0.3, -0.25) is 9.36 Å². The first kappa shape index (κ1) is 22.7. The second kappa shape index (κ2) is 8.91. The van der Waals surface area contributed by atoms with Crippen molar-refractivity contribution in [1.29, 1.82) is 0 Å². The molecule has 0 atom stereocenters. The van der Waals surface area contributed by atoms with E-state index in [-0.39, 0.29) is 35.4 Å². The molecular formula is C20H29N7O4S2. The molecule has 2 aliphatic heterocycles. The summed E-state index contributed by atoms with van der Waals surface area (Å²) in [5.41, 5.74) is 0.357. The largest absolute Gasteiger partial charge is 0.360 e. The maximum Gasteiger partial charge on any atom is 0.248 e. The summed E-state index contributed by atoms with van der Waals surface area (Å²) in [7, 11) is -3.69. The third-order valence-corrected chi connectivity index (χ3v) is 9.50. The molecule has 11 nitrogen and oxygen atoms in total. The van der Waals surface area contributed by atoms with E-state index in [0.29, 0.717) is 24.8 Å². The molecular weight excluding hydrogens is 466 g/mol. The van der Waals surface area contributed by atoms with Gasteiger partial charge < -0.3 is 14.3 Å². The third kappa shape index (κ3) is 4.37. The zero-order valence-electron chi connectivity index (χ0n) is 18.9. The number of nitrogens with zero attached hydrogens (tertiary/aromatic N) is 7. The number of anilines is 1. The van der Waals surface area contributed by atoms with Crippen LogP contribution in [0.25, 0.3) is 0 Å². The zero-order valence-corrected chi connectivity index (χ0v) is 20.6. The summed E-state index contributed by atoms with van der Waals surface area (Å²) in [6, 6.07) is 0.436. The number of rotatable bonds is 7. The van der Waals surface area contributed by atoms with Gasteiger partial charge in [0.25, 0.3) is 0 Å². The van der Waals surface area contributed by atoms with E-state index < -0.39 is 10.0 Å². The van der Waals surface area contributed by atoms with Crippen LogP contribution in [0.4, 0.5) is 5.95 Å². The predicted octanol–water partition coefficient (Wildman–Crippen LogP) is 1.44. The smallest absolute Gasteiger partial charge is 0.248 e. The number of carbonyl (C=O) groups is 1. The number of piperazine rings is 1. The van der Waals surface area contributed by atoms with Gasteiger partial charge in [0.15, 0.2) is 10.9 Å². The number of aromatic nitrogens is 4. The van der Waals surface area contributed by atoms with Crippen molar-refractivity contribution >= 4 is 33.6 Å². The summed E-state index contributed by atoms with van der Waals surface area (Å²) in [5, 5.41) is 13.4. The average molecular weight is 496 g/mol. The molecule has 2 aromatic rings. The average Bonchev–Trinajstić information content (AvgIpc) is 3.18. The quantitative estimate of drug-likeness (QED) is 0.526. The zero-order chi connectivity index (χ0) is 23.2. The Morgan fingerprint density at radius 3 is 2.36 bits per heavy atom. The Morgan fingerprint density at radius 1 is 1.06 bits per heavy atom. The predicted molar refractivity (Wildman–Crippen MR) is 122 cm³/mol. The molecule has 180 valence electrons. The van der Waals surface area contributed by atoms with Crippen LogP contribution in [0.1, 0.15) is 43.2 Å². The van der Waals surface area contributed by atoms with E-state index in [9.17, 15) is 13.2 Å². The molecule has 0 N–H and O–H groups in total. The van der Waals surface area contributed by atoms with Crippen molar-refractivity contribution in [2.75, 3.05) is 49.9 Å². The Morgan fingerprint density at radius 2 is 1.76 bits per heavy atom. The van der Waals surface area contributed by atoms with Crippen LogP contribution in [0.15, 0.2) is 14.6 Å². The van der Waals surface area contributed by atoms with Crippen molar-refractivity contribution in [3.05, 3.63) is 11.5 Å². The number of hydrogen-bond donors (Lipinski definition) is 0. The van der Waals surface area contributed by atoms with Crippen molar-refractivity contribution in [3.8, 4) is 0 Å². The van der Waals surface area contributed by atoms with Crippen LogP contribution < -0.4 is 4.90 Å². The lowest BCUT2D eigenvalue weighted by Gasteiger charge is -2.33. The van der Waals surface area contributed by atoms with Crippen LogP contribution in [0.5, 0.6) is 0 Å². The first-order valence-corrected chi connectivity index (χ1v) is 13.8. The van der Waals surface area contributed by atoms with Crippen molar-refractivity contribution in [2.24, 2.45) is 0 Å². The molecule has 0 unspecified atom stereocenters. The van der Waals surface area contributed by atoms with Crippen LogP contribution in [0, 0.1) is 13.8 Å². The first-order chi connectivity index (χ1) is 15.9. The van der Waals surface area contributed by atoms with Gasteiger partial charge in [0.05, 0.1) is 5.75 Å². The summed E-state index contributed by atoms with van der Waals surface area (Å²) in [6.07, 6.45) is 4.61. The maximum atomic E-state index is 13.0. The van der Waals surface area contributed by atoms with Crippen LogP contribution in [-0.2, 0) is 14.8 Å². The van der Waals surface area contributed by atoms with E-state index >= 15 is 0 Å². The van der Waals surface area contributed by atoms with E-state index in [1.165, 1.54) is 28.9 Å². The molecule has 13 heteroatoms. The van der Waals surface area contributed by atoms with Crippen LogP contribution in [0.3, 0.4) is 0 Å². The fourth-order valence-corrected chi connectivity index (χ4v) is 7.14. The standard InChI is InChI=1S/C20H29N7O4S2/c1-14-18(15(2)31-23-14)33(29,30)26-11-9-24(10-12-26)17(28)13-32-20-22-21-19(25-7-3-4-8-25)27(20)16-5-6-16/h16H,3-13H2,1-2H3. The minimum atomic E-state index is -3.69. The lowest BCUT2D eigenvalue weighted by atomic mass is 10.3. The van der Waals surface area contributed by atoms with Crippen molar-refractivity contribution < 1.29 is 17.7 Å². The SMILES string of the molecule is Cc1noc(C)c1S(=O)(=O)N1CCN(C(=O)CSc2nnc(N3CCCC3)n2C2CC2)CC1. The summed E-state index contributed by atoms with van der Waals surface area (Å²) in [6.45, 7) is 6.45. The van der Waals surface area contributed by atoms with Crippen molar-refractivity contribution in [3.63, 3.8) is 0 Å². The van der Waals surface area contributed by atoms with E-state index in [1.54, 1.807) is 18.7 Å². The first-order valence-electron chi connectivity index (χ1n) is 11.4. The number of sulfonamides is 1. The Bertz CT molecular complexity index is 1110. The molecule has 2 saturated heterocycles. The Kier molecular flexibility index (Phi) is 6.12. The van der Waals surface area contributed by atoms with Gasteiger partial charge in [-0.15, -0.1) is 10.2 Å². The highest BCUT2D eigenvalue weighted by Gasteiger charge is 2.35. The van der Waals surface area contributed by atoms with E-state index in [2.05, 4.69) is 24.8 Å². The van der Waals surface area contributed by atoms with Gasteiger partial charge in [-0.2, -0.15) is 4.31 Å². The minimum Gasteiger partial charge on any atom is -0.360 e. The van der Waals surface area contributed by atoms with Gasteiger partial charge in [0, 0.05) is 45.3 Å². The van der Waals surface area contributed by atoms with Gasteiger partial charge in [0.2, 0.25) is 21.9 Å². The van der Waals surface area contributed by atoms with E-state index in [0.717, 1.165) is 37.0 Å². The lowest BCUT2D eigenvalue weighted by molar-refractivity contribution is -0.129. The van der Waals surface area contributed by atoms with Crippen LogP contribution in [0.2, 0.25) is 0 Å². The maximum absolute atomic E-state index is 13.0. The highest BCUT2D eigenvalue weighted by atomic mass is 32.2. The normalized spacial score (nSPS) is 20.1. The molecule has 0 spiro atoms. The fourth-order valence-electron chi connectivity index (χ4n) is 4.52. The molecule has 3 fully saturated rings. The molecule has 33 heavy (non-hydrogen) atoms. The number of thioether (sulfide) groups is 1. The molecule has 4 heterocycles. The summed E-state index contributed by atoms with van der Waals surface area (Å²) < 4.78 is 34.6. The van der Waals surface area contributed by atoms with Crippen molar-refractivity contribution in [1.82, 2.24) is 29.1 Å². The van der Waals surface area contributed by atoms with Gasteiger partial charge in [-0.05, 0) is 39.5 Å². The minimum absolute atomic E-state index is 0.0116. The van der Waals surface area contributed by atoms with Crippen LogP contribution >= 0.6 is 11.8 Å². The molecule has 1 amide bonds. The van der Waals surface area contributed by atoms with Gasteiger partial charge >= 0.3 is 0 Å². The van der Waals surface area contributed by atoms with E-state index in [1.807, 2.05) is 0 Å². The Hall–Kier alpha value is -2.12. The van der Waals surface area contributed by atoms with Gasteiger partial charge in [-0.1, -0.05) is 16.9 Å². The molecule has 0 bridgehead atoms. The molecule has 0 radical (unpaired) electrons. The van der Waals surface area contributed by atoms with Crippen molar-refractivity contribution in [2.45, 2.75) is 55.6 Å². The molecule has 1 aliphatic carbocycles. The van der Waals surface area contributed by atoms with E-state index in [4.69, 9.17) is 4.52 Å². The molecule has 3 aliphatic rings. The number of hydrogen-bond acceptors (Lipinski definition) is 9. The van der Waals surface area contributed by atoms with Gasteiger partial charge in [0.1, 0.15) is 10.6 Å². The van der Waals surface area contributed by atoms with Crippen LogP contribution in [-0.4, -0.2) is 88.5 Å². The summed E-state index contributed by atoms with van der Waals surface area (Å²) in [4.78, 5) is 17.0. The number of amides is 1. The Balaban J connectivity index is 1.19. The third-order valence-electron chi connectivity index (χ3n) is 6.43. The number of aryl methyl sites for hydroxylation is 2. The highest BCUT2D eigenvalue weighted by Crippen LogP contribution is 2.41. The number of carbonyl (C=O) groups excluding carboxylic acids is 1. The van der Waals surface area contributed by atoms with Gasteiger partial charge in [-0.25, -0.2) is 8.42 Å². The Labute approximate surface area is 197 Å². The topological polar surface area (TPSA) is 118 Å². The molecule has 1 saturated carbocycles. The lowest BCUT2D eigenvalue weighted by Crippen LogP contribution is -2.51. The highest BCUT2D eigenvalue weighted by molar-refractivity contribution is 7.99. The molecule has 5 rings (SSSR count).